The summed E-state index contributed by atoms with van der Waals surface area (Å²) >= 11 is 12.7. The number of carbonyl (C=O) groups is 1. The summed E-state index contributed by atoms with van der Waals surface area (Å²) in [5.41, 5.74) is 3.49. The standard InChI is InChI=1S/C23H20Cl2N4O2/c24-13-7-15-14(5-6-18(15)26-8-13)21-27-9-16-17(25)10-29(22(16)28-21)20-12-3-1-11(2-4-12)19(20)23(30)31/h5,7-12,19-20H,1-4,6H2,(H,30,31)/t11?,12?,19-,20-/m0/s1. The second kappa shape index (κ2) is 7.04. The summed E-state index contributed by atoms with van der Waals surface area (Å²) in [7, 11) is 0. The smallest absolute Gasteiger partial charge is 0.308 e. The molecular weight excluding hydrogens is 435 g/mol. The zero-order chi connectivity index (χ0) is 21.3. The van der Waals surface area contributed by atoms with Crippen LogP contribution in [0.5, 0.6) is 0 Å². The van der Waals surface area contributed by atoms with E-state index in [9.17, 15) is 9.90 Å². The maximum absolute atomic E-state index is 12.2. The fraction of sp³-hybridized carbons (Fsp3) is 0.391. The molecule has 0 amide bonds. The quantitative estimate of drug-likeness (QED) is 0.589. The number of carboxylic acids is 1. The van der Waals surface area contributed by atoms with Crippen molar-refractivity contribution in [2.75, 3.05) is 0 Å². The van der Waals surface area contributed by atoms with E-state index in [2.05, 4.69) is 16.0 Å². The Bertz CT molecular complexity index is 1260. The Kier molecular flexibility index (Phi) is 4.37. The van der Waals surface area contributed by atoms with E-state index in [1.807, 2.05) is 16.8 Å². The van der Waals surface area contributed by atoms with Crippen molar-refractivity contribution in [3.8, 4) is 0 Å². The molecule has 2 atom stereocenters. The third-order valence-corrected chi connectivity index (χ3v) is 7.78. The van der Waals surface area contributed by atoms with Crippen LogP contribution < -0.4 is 0 Å². The van der Waals surface area contributed by atoms with E-state index in [1.165, 1.54) is 0 Å². The number of pyridine rings is 1. The number of rotatable bonds is 3. The molecule has 0 aromatic carbocycles. The monoisotopic (exact) mass is 454 g/mol. The second-order valence-corrected chi connectivity index (χ2v) is 9.66. The molecule has 7 rings (SSSR count). The highest BCUT2D eigenvalue weighted by atomic mass is 35.5. The number of allylic oxidation sites excluding steroid dienone is 1. The molecule has 0 spiro atoms. The zero-order valence-corrected chi connectivity index (χ0v) is 18.1. The highest BCUT2D eigenvalue weighted by molar-refractivity contribution is 6.35. The normalized spacial score (nSPS) is 26.8. The van der Waals surface area contributed by atoms with Gasteiger partial charge in [-0.15, -0.1) is 0 Å². The van der Waals surface area contributed by atoms with Crippen molar-refractivity contribution >= 4 is 45.8 Å². The van der Waals surface area contributed by atoms with Crippen LogP contribution in [0.2, 0.25) is 10.0 Å². The number of halogens is 2. The Hall–Kier alpha value is -2.44. The molecule has 3 aromatic rings. The van der Waals surface area contributed by atoms with Crippen LogP contribution in [0.4, 0.5) is 0 Å². The first-order valence-electron chi connectivity index (χ1n) is 10.6. The molecule has 3 fully saturated rings. The van der Waals surface area contributed by atoms with E-state index in [-0.39, 0.29) is 12.0 Å². The number of fused-ring (bicyclic) bond motifs is 5. The minimum atomic E-state index is -0.722. The van der Waals surface area contributed by atoms with Gasteiger partial charge in [0.2, 0.25) is 0 Å². The number of aromatic nitrogens is 4. The van der Waals surface area contributed by atoms with E-state index in [4.69, 9.17) is 28.2 Å². The molecule has 6 nitrogen and oxygen atoms in total. The van der Waals surface area contributed by atoms with Gasteiger partial charge < -0.3 is 9.67 Å². The number of hydrogen-bond donors (Lipinski definition) is 1. The van der Waals surface area contributed by atoms with Gasteiger partial charge in [0.05, 0.1) is 33.1 Å². The lowest BCUT2D eigenvalue weighted by atomic mass is 9.61. The van der Waals surface area contributed by atoms with Gasteiger partial charge in [-0.1, -0.05) is 29.3 Å². The molecule has 0 radical (unpaired) electrons. The maximum atomic E-state index is 12.2. The van der Waals surface area contributed by atoms with Gasteiger partial charge in [0.15, 0.2) is 5.82 Å². The van der Waals surface area contributed by atoms with Crippen molar-refractivity contribution in [1.29, 1.82) is 0 Å². The molecule has 2 bridgehead atoms. The van der Waals surface area contributed by atoms with Gasteiger partial charge in [0.25, 0.3) is 0 Å². The van der Waals surface area contributed by atoms with Crippen LogP contribution in [0.1, 0.15) is 48.8 Å². The van der Waals surface area contributed by atoms with Crippen LogP contribution in [0.25, 0.3) is 16.6 Å². The second-order valence-electron chi connectivity index (χ2n) is 8.81. The summed E-state index contributed by atoms with van der Waals surface area (Å²) in [6.07, 6.45) is 12.1. The number of aliphatic carboxylic acids is 1. The Labute approximate surface area is 188 Å². The molecule has 0 saturated heterocycles. The highest BCUT2D eigenvalue weighted by Crippen LogP contribution is 2.52. The molecule has 1 N–H and O–H groups in total. The van der Waals surface area contributed by atoms with Gasteiger partial charge in [-0.05, 0) is 43.6 Å². The fourth-order valence-electron chi connectivity index (χ4n) is 5.90. The van der Waals surface area contributed by atoms with Crippen molar-refractivity contribution < 1.29 is 9.90 Å². The lowest BCUT2D eigenvalue weighted by Crippen LogP contribution is -2.44. The van der Waals surface area contributed by atoms with Crippen molar-refractivity contribution in [2.24, 2.45) is 17.8 Å². The van der Waals surface area contributed by atoms with Crippen LogP contribution in [0.15, 0.2) is 30.7 Å². The van der Waals surface area contributed by atoms with Crippen molar-refractivity contribution in [3.63, 3.8) is 0 Å². The molecule has 158 valence electrons. The molecule has 3 aromatic heterocycles. The fourth-order valence-corrected chi connectivity index (χ4v) is 6.29. The predicted molar refractivity (Wildman–Crippen MR) is 118 cm³/mol. The summed E-state index contributed by atoms with van der Waals surface area (Å²) < 4.78 is 2.02. The third kappa shape index (κ3) is 2.92. The highest BCUT2D eigenvalue weighted by Gasteiger charge is 2.48. The third-order valence-electron chi connectivity index (χ3n) is 7.27. The van der Waals surface area contributed by atoms with E-state index < -0.39 is 11.9 Å². The maximum Gasteiger partial charge on any atom is 0.308 e. The van der Waals surface area contributed by atoms with Crippen LogP contribution >= 0.6 is 23.2 Å². The average Bonchev–Trinajstić information content (AvgIpc) is 3.34. The van der Waals surface area contributed by atoms with Crippen LogP contribution in [-0.2, 0) is 11.2 Å². The largest absolute Gasteiger partial charge is 0.481 e. The summed E-state index contributed by atoms with van der Waals surface area (Å²) in [5, 5.41) is 11.9. The Balaban J connectivity index is 1.49. The molecule has 31 heavy (non-hydrogen) atoms. The summed E-state index contributed by atoms with van der Waals surface area (Å²) in [4.78, 5) is 26.1. The molecule has 3 heterocycles. The Morgan fingerprint density at radius 3 is 2.65 bits per heavy atom. The minimum Gasteiger partial charge on any atom is -0.481 e. The Morgan fingerprint density at radius 1 is 1.10 bits per heavy atom. The van der Waals surface area contributed by atoms with Gasteiger partial charge in [-0.3, -0.25) is 9.78 Å². The molecule has 8 heteroatoms. The lowest BCUT2D eigenvalue weighted by molar-refractivity contribution is -0.151. The minimum absolute atomic E-state index is 0.135. The van der Waals surface area contributed by atoms with E-state index in [0.29, 0.717) is 33.9 Å². The molecular formula is C23H20Cl2N4O2. The molecule has 4 aliphatic carbocycles. The Morgan fingerprint density at radius 2 is 1.87 bits per heavy atom. The molecule has 0 unspecified atom stereocenters. The average molecular weight is 455 g/mol. The molecule has 0 aliphatic heterocycles. The van der Waals surface area contributed by atoms with Crippen molar-refractivity contribution in [1.82, 2.24) is 19.5 Å². The van der Waals surface area contributed by atoms with Crippen LogP contribution in [0.3, 0.4) is 0 Å². The number of carboxylic acid groups (broad SMARTS) is 1. The number of hydrogen-bond acceptors (Lipinski definition) is 4. The van der Waals surface area contributed by atoms with Crippen molar-refractivity contribution in [3.05, 3.63) is 57.9 Å². The van der Waals surface area contributed by atoms with E-state index in [0.717, 1.165) is 47.9 Å². The lowest BCUT2D eigenvalue weighted by Gasteiger charge is -2.47. The first-order valence-corrected chi connectivity index (χ1v) is 11.4. The summed E-state index contributed by atoms with van der Waals surface area (Å²) in [6, 6.07) is 1.76. The van der Waals surface area contributed by atoms with E-state index in [1.54, 1.807) is 12.4 Å². The first kappa shape index (κ1) is 19.3. The van der Waals surface area contributed by atoms with Gasteiger partial charge in [-0.2, -0.15) is 0 Å². The van der Waals surface area contributed by atoms with Crippen LogP contribution in [0, 0.1) is 17.8 Å². The van der Waals surface area contributed by atoms with Gasteiger partial charge in [0, 0.05) is 36.1 Å². The van der Waals surface area contributed by atoms with Gasteiger partial charge in [0.1, 0.15) is 5.65 Å². The van der Waals surface area contributed by atoms with Gasteiger partial charge >= 0.3 is 5.97 Å². The molecule has 3 saturated carbocycles. The SMILES string of the molecule is O=C(O)[C@H]1C2CCC(CC2)[C@@H]1n1cc(Cl)c2cnc(C3=CCc4ncc(Cl)cc43)nc21. The summed E-state index contributed by atoms with van der Waals surface area (Å²) in [6.45, 7) is 0. The zero-order valence-electron chi connectivity index (χ0n) is 16.6. The van der Waals surface area contributed by atoms with E-state index >= 15 is 0 Å². The topological polar surface area (TPSA) is 80.9 Å². The van der Waals surface area contributed by atoms with Crippen LogP contribution in [-0.4, -0.2) is 30.6 Å². The molecule has 4 aliphatic rings. The van der Waals surface area contributed by atoms with Gasteiger partial charge in [-0.25, -0.2) is 9.97 Å². The van der Waals surface area contributed by atoms with Crippen molar-refractivity contribution in [2.45, 2.75) is 38.1 Å². The summed E-state index contributed by atoms with van der Waals surface area (Å²) in [5.74, 6) is -0.0146. The first-order chi connectivity index (χ1) is 15.0. The predicted octanol–water partition coefficient (Wildman–Crippen LogP) is 5.18. The number of nitrogens with zero attached hydrogens (tertiary/aromatic N) is 4.